The van der Waals surface area contributed by atoms with Crippen LogP contribution < -0.4 is 0 Å². The number of hydrogen-bond acceptors (Lipinski definition) is 6. The van der Waals surface area contributed by atoms with Gasteiger partial charge in [-0.1, -0.05) is 243 Å². The molecule has 0 amide bonds. The summed E-state index contributed by atoms with van der Waals surface area (Å²) in [5.41, 5.74) is 24.0. The molecule has 6 aromatic heterocycles. The maximum Gasteiger partial charge on any atom is 0.145 e. The Bertz CT molecular complexity index is 5720. The molecule has 0 spiro atoms. The second-order valence-corrected chi connectivity index (χ2v) is 23.3. The van der Waals surface area contributed by atoms with E-state index in [1.54, 1.807) is 0 Å². The van der Waals surface area contributed by atoms with Gasteiger partial charge in [-0.3, -0.25) is 14.5 Å². The summed E-state index contributed by atoms with van der Waals surface area (Å²) in [6.45, 7) is 0. The molecule has 0 N–H and O–H groups in total. The van der Waals surface area contributed by atoms with Crippen molar-refractivity contribution >= 4 is 92.9 Å². The highest BCUT2D eigenvalue weighted by Crippen LogP contribution is 2.41. The summed E-state index contributed by atoms with van der Waals surface area (Å²) in [5.74, 6) is 1.28. The summed E-state index contributed by atoms with van der Waals surface area (Å²) in [6.07, 6.45) is 11.6. The standard InChI is InChI=1S/C43H29N3.C41H26N4/c1-3-9-38-32(6-1)24-26-39(45-38)33-19-15-30(16-20-33)28-11-13-29(14-12-28)31-17-21-34(22-18-31)41-36-8-2-4-10-40(36)46-43-37(41)25-23-35-7-5-27-44-42(35)43;1-2-10-32(11-3-1)45-37-15-7-6-14-36(37)44-41(45)31-22-18-28(19-23-31)27-16-20-29(21-17-27)38-33-12-4-5-13-35(33)43-40-34(38)25-24-30-9-8-26-42-39(30)40/h1-13,15-27,29H,14H2;1-26H. The molecule has 0 aliphatic heterocycles. The summed E-state index contributed by atoms with van der Waals surface area (Å²) >= 11 is 0. The van der Waals surface area contributed by atoms with Crippen molar-refractivity contribution in [1.29, 1.82) is 0 Å². The van der Waals surface area contributed by atoms with E-state index in [0.29, 0.717) is 5.92 Å². The zero-order valence-electron chi connectivity index (χ0n) is 49.4. The molecule has 1 unspecified atom stereocenters. The number of rotatable bonds is 8. The fourth-order valence-electron chi connectivity index (χ4n) is 13.3. The van der Waals surface area contributed by atoms with Crippen LogP contribution in [0, 0.1) is 0 Å². The van der Waals surface area contributed by atoms with Crippen LogP contribution in [0.2, 0.25) is 0 Å². The number of para-hydroxylation sites is 6. The van der Waals surface area contributed by atoms with E-state index in [2.05, 4.69) is 272 Å². The molecule has 11 aromatic carbocycles. The number of nitrogens with zero attached hydrogens (tertiary/aromatic N) is 7. The molecule has 7 nitrogen and oxygen atoms in total. The first-order chi connectivity index (χ1) is 45.1. The third-order valence-corrected chi connectivity index (χ3v) is 17.9. The summed E-state index contributed by atoms with van der Waals surface area (Å²) in [5, 5.41) is 7.90. The molecule has 1 atom stereocenters. The van der Waals surface area contributed by atoms with Gasteiger partial charge in [-0.2, -0.15) is 0 Å². The Morgan fingerprint density at radius 2 is 0.813 bits per heavy atom. The largest absolute Gasteiger partial charge is 0.292 e. The Hall–Kier alpha value is -12.1. The summed E-state index contributed by atoms with van der Waals surface area (Å²) in [4.78, 5) is 29.4. The van der Waals surface area contributed by atoms with Gasteiger partial charge in [0.1, 0.15) is 5.82 Å². The Morgan fingerprint density at radius 1 is 0.319 bits per heavy atom. The van der Waals surface area contributed by atoms with Gasteiger partial charge in [0.2, 0.25) is 0 Å². The first kappa shape index (κ1) is 53.2. The third-order valence-electron chi connectivity index (χ3n) is 17.9. The van der Waals surface area contributed by atoms with Crippen LogP contribution >= 0.6 is 0 Å². The lowest BCUT2D eigenvalue weighted by Gasteiger charge is -2.18. The average Bonchev–Trinajstić information content (AvgIpc) is 1.45. The molecule has 0 bridgehead atoms. The van der Waals surface area contributed by atoms with E-state index in [1.165, 1.54) is 33.4 Å². The predicted molar refractivity (Wildman–Crippen MR) is 377 cm³/mol. The number of hydrogen-bond donors (Lipinski definition) is 0. The molecular weight excluding hydrogens is 1110 g/mol. The van der Waals surface area contributed by atoms with Crippen LogP contribution in [0.4, 0.5) is 0 Å². The quantitative estimate of drug-likeness (QED) is 0.111. The minimum Gasteiger partial charge on any atom is -0.292 e. The number of benzene rings is 11. The van der Waals surface area contributed by atoms with Crippen LogP contribution in [-0.2, 0) is 0 Å². The molecule has 17 aromatic rings. The molecule has 91 heavy (non-hydrogen) atoms. The van der Waals surface area contributed by atoms with Gasteiger partial charge in [-0.05, 0) is 106 Å². The molecule has 0 saturated carbocycles. The molecule has 6 heterocycles. The summed E-state index contributed by atoms with van der Waals surface area (Å²) in [7, 11) is 0. The van der Waals surface area contributed by atoms with Gasteiger partial charge in [0.15, 0.2) is 0 Å². The van der Waals surface area contributed by atoms with Crippen molar-refractivity contribution in [1.82, 2.24) is 34.5 Å². The minimum atomic E-state index is 0.345. The molecule has 0 fully saturated rings. The molecule has 7 heteroatoms. The van der Waals surface area contributed by atoms with Gasteiger partial charge >= 0.3 is 0 Å². The lowest BCUT2D eigenvalue weighted by Crippen LogP contribution is -1.99. The Balaban J connectivity index is 0.000000140. The SMILES string of the molecule is C1=CC(c2ccc(-c3c4ccccc4nc4c3ccc3cccnc34)cc2)CC=C1c1ccc(-c2ccc3ccccc3n2)cc1.c1ccc(-n2c(-c3ccc(-c4ccc(-c5c6ccccc6nc6c5ccc5cccnc56)cc4)cc3)nc3ccccc32)cc1. The van der Waals surface area contributed by atoms with Gasteiger partial charge in [0.05, 0.1) is 55.3 Å². The monoisotopic (exact) mass is 1160 g/mol. The highest BCUT2D eigenvalue weighted by Gasteiger charge is 2.20. The van der Waals surface area contributed by atoms with Gasteiger partial charge in [-0.15, -0.1) is 0 Å². The van der Waals surface area contributed by atoms with E-state index in [4.69, 9.17) is 29.9 Å². The average molecular weight is 1160 g/mol. The van der Waals surface area contributed by atoms with Crippen LogP contribution in [0.3, 0.4) is 0 Å². The van der Waals surface area contributed by atoms with E-state index in [-0.39, 0.29) is 0 Å². The topological polar surface area (TPSA) is 82.3 Å². The van der Waals surface area contributed by atoms with E-state index >= 15 is 0 Å². The number of aromatic nitrogens is 7. The fraction of sp³-hybridized carbons (Fsp3) is 0.0238. The molecule has 18 rings (SSSR count). The van der Waals surface area contributed by atoms with Crippen LogP contribution in [0.5, 0.6) is 0 Å². The molecule has 0 radical (unpaired) electrons. The van der Waals surface area contributed by atoms with Gasteiger partial charge in [0, 0.05) is 84.0 Å². The maximum absolute atomic E-state index is 5.06. The van der Waals surface area contributed by atoms with Gasteiger partial charge < -0.3 is 0 Å². The summed E-state index contributed by atoms with van der Waals surface area (Å²) < 4.78 is 2.24. The number of pyridine rings is 5. The first-order valence-corrected chi connectivity index (χ1v) is 30.9. The lowest BCUT2D eigenvalue weighted by atomic mass is 9.87. The molecule has 426 valence electrons. The van der Waals surface area contributed by atoms with Crippen LogP contribution in [0.25, 0.3) is 155 Å². The van der Waals surface area contributed by atoms with E-state index in [9.17, 15) is 0 Å². The van der Waals surface area contributed by atoms with Gasteiger partial charge in [-0.25, -0.2) is 19.9 Å². The normalized spacial score (nSPS) is 13.1. The van der Waals surface area contributed by atoms with Crippen molar-refractivity contribution in [3.05, 3.63) is 327 Å². The van der Waals surface area contributed by atoms with Crippen LogP contribution in [0.15, 0.2) is 316 Å². The Labute approximate surface area is 525 Å². The molecule has 0 saturated heterocycles. The van der Waals surface area contributed by atoms with Crippen molar-refractivity contribution in [3.8, 4) is 61.7 Å². The maximum atomic E-state index is 5.06. The van der Waals surface area contributed by atoms with E-state index < -0.39 is 0 Å². The van der Waals surface area contributed by atoms with E-state index in [1.807, 2.05) is 48.8 Å². The fourth-order valence-corrected chi connectivity index (χ4v) is 13.3. The highest BCUT2D eigenvalue weighted by atomic mass is 15.1. The zero-order valence-corrected chi connectivity index (χ0v) is 49.4. The Kier molecular flexibility index (Phi) is 13.2. The second-order valence-electron chi connectivity index (χ2n) is 23.3. The van der Waals surface area contributed by atoms with Crippen molar-refractivity contribution in [2.24, 2.45) is 0 Å². The predicted octanol–water partition coefficient (Wildman–Crippen LogP) is 21.2. The van der Waals surface area contributed by atoms with Crippen molar-refractivity contribution in [2.45, 2.75) is 12.3 Å². The number of imidazole rings is 1. The highest BCUT2D eigenvalue weighted by molar-refractivity contribution is 6.17. The molecule has 1 aliphatic carbocycles. The van der Waals surface area contributed by atoms with Gasteiger partial charge in [0.25, 0.3) is 0 Å². The lowest BCUT2D eigenvalue weighted by molar-refractivity contribution is 0.857. The second kappa shape index (κ2) is 22.6. The summed E-state index contributed by atoms with van der Waals surface area (Å²) in [6, 6.07) is 100. The van der Waals surface area contributed by atoms with Crippen LogP contribution in [-0.4, -0.2) is 34.5 Å². The van der Waals surface area contributed by atoms with Crippen LogP contribution in [0.1, 0.15) is 23.5 Å². The smallest absolute Gasteiger partial charge is 0.145 e. The van der Waals surface area contributed by atoms with Crippen molar-refractivity contribution in [3.63, 3.8) is 0 Å². The zero-order chi connectivity index (χ0) is 60.2. The third kappa shape index (κ3) is 9.73. The first-order valence-electron chi connectivity index (χ1n) is 30.9. The Morgan fingerprint density at radius 3 is 1.43 bits per heavy atom. The van der Waals surface area contributed by atoms with Crippen molar-refractivity contribution < 1.29 is 0 Å². The van der Waals surface area contributed by atoms with E-state index in [0.717, 1.165) is 139 Å². The molecule has 1 aliphatic rings. The number of fused-ring (bicyclic) bond motifs is 10. The van der Waals surface area contributed by atoms with Crippen molar-refractivity contribution in [2.75, 3.05) is 0 Å². The minimum absolute atomic E-state index is 0.345. The molecular formula is C84H55N7. The number of allylic oxidation sites excluding steroid dienone is 4.